The van der Waals surface area contributed by atoms with E-state index in [1.807, 2.05) is 26.8 Å². The first-order chi connectivity index (χ1) is 13.8. The van der Waals surface area contributed by atoms with Gasteiger partial charge in [0.1, 0.15) is 5.60 Å². The third-order valence-corrected chi connectivity index (χ3v) is 5.47. The lowest BCUT2D eigenvalue weighted by Crippen LogP contribution is -2.42. The number of ketones is 1. The van der Waals surface area contributed by atoms with E-state index in [2.05, 4.69) is 6.92 Å². The van der Waals surface area contributed by atoms with Crippen molar-refractivity contribution >= 4 is 11.9 Å². The lowest BCUT2D eigenvalue weighted by Gasteiger charge is -2.27. The zero-order chi connectivity index (χ0) is 21.5. The van der Waals surface area contributed by atoms with Crippen molar-refractivity contribution in [2.45, 2.75) is 129 Å². The molecule has 0 aromatic rings. The van der Waals surface area contributed by atoms with Crippen LogP contribution < -0.4 is 0 Å². The van der Waals surface area contributed by atoms with Crippen LogP contribution in [0.4, 0.5) is 4.79 Å². The van der Waals surface area contributed by atoms with Crippen molar-refractivity contribution in [1.82, 2.24) is 4.90 Å². The summed E-state index contributed by atoms with van der Waals surface area (Å²) in [7, 11) is 0. The van der Waals surface area contributed by atoms with E-state index >= 15 is 0 Å². The van der Waals surface area contributed by atoms with Crippen LogP contribution in [-0.2, 0) is 9.53 Å². The maximum Gasteiger partial charge on any atom is 0.410 e. The lowest BCUT2D eigenvalue weighted by molar-refractivity contribution is -0.118. The molecule has 29 heavy (non-hydrogen) atoms. The first-order valence-electron chi connectivity index (χ1n) is 12.0. The fraction of sp³-hybridized carbons (Fsp3) is 0.840. The molecule has 0 radical (unpaired) electrons. The van der Waals surface area contributed by atoms with E-state index < -0.39 is 5.60 Å². The van der Waals surface area contributed by atoms with Crippen LogP contribution in [0.5, 0.6) is 0 Å². The average molecular weight is 408 g/mol. The number of rotatable bonds is 14. The maximum atomic E-state index is 12.5. The Hall–Kier alpha value is -1.32. The SMILES string of the molecule is CCCCCCCCCCCCC/C=C/C(=O)[C@@H]1CCCN1C(=O)OC(C)(C)C. The van der Waals surface area contributed by atoms with Crippen molar-refractivity contribution in [1.29, 1.82) is 0 Å². The normalized spacial score (nSPS) is 17.2. The van der Waals surface area contributed by atoms with Crippen LogP contribution in [0.15, 0.2) is 12.2 Å². The number of nitrogens with zero attached hydrogens (tertiary/aromatic N) is 1. The van der Waals surface area contributed by atoms with E-state index in [4.69, 9.17) is 4.74 Å². The summed E-state index contributed by atoms with van der Waals surface area (Å²) in [5, 5.41) is 0. The van der Waals surface area contributed by atoms with E-state index in [1.54, 1.807) is 11.0 Å². The minimum absolute atomic E-state index is 0.0384. The molecule has 1 heterocycles. The summed E-state index contributed by atoms with van der Waals surface area (Å²) in [6.45, 7) is 8.43. The molecule has 1 aliphatic heterocycles. The summed E-state index contributed by atoms with van der Waals surface area (Å²) in [6.07, 6.45) is 20.5. The number of carbonyl (C=O) groups excluding carboxylic acids is 2. The standard InChI is InChI=1S/C25H45NO3/c1-5-6-7-8-9-10-11-12-13-14-15-16-17-20-23(27)22-19-18-21-26(22)24(28)29-25(2,3)4/h17,20,22H,5-16,18-19,21H2,1-4H3/b20-17+/t22-/m0/s1. The van der Waals surface area contributed by atoms with Gasteiger partial charge in [-0.3, -0.25) is 9.69 Å². The van der Waals surface area contributed by atoms with Gasteiger partial charge in [-0.05, 0) is 52.5 Å². The van der Waals surface area contributed by atoms with Crippen molar-refractivity contribution in [3.05, 3.63) is 12.2 Å². The quantitative estimate of drug-likeness (QED) is 0.226. The molecule has 0 aromatic heterocycles. The molecule has 0 unspecified atom stereocenters. The highest BCUT2D eigenvalue weighted by molar-refractivity contribution is 5.96. The van der Waals surface area contributed by atoms with Gasteiger partial charge in [-0.2, -0.15) is 0 Å². The van der Waals surface area contributed by atoms with Gasteiger partial charge < -0.3 is 4.74 Å². The van der Waals surface area contributed by atoms with E-state index in [0.29, 0.717) is 6.54 Å². The highest BCUT2D eigenvalue weighted by atomic mass is 16.6. The van der Waals surface area contributed by atoms with Crippen LogP contribution >= 0.6 is 0 Å². The Bertz CT molecular complexity index is 493. The Kier molecular flexibility index (Phi) is 13.0. The second-order valence-electron chi connectivity index (χ2n) is 9.46. The van der Waals surface area contributed by atoms with E-state index in [0.717, 1.165) is 25.7 Å². The molecule has 1 fully saturated rings. The Morgan fingerprint density at radius 2 is 1.48 bits per heavy atom. The second kappa shape index (κ2) is 14.6. The molecular weight excluding hydrogens is 362 g/mol. The zero-order valence-corrected chi connectivity index (χ0v) is 19.5. The van der Waals surface area contributed by atoms with Gasteiger partial charge in [0.15, 0.2) is 5.78 Å². The molecule has 1 saturated heterocycles. The minimum atomic E-state index is -0.530. The monoisotopic (exact) mass is 407 g/mol. The van der Waals surface area contributed by atoms with Crippen molar-refractivity contribution in [3.8, 4) is 0 Å². The molecule has 0 saturated carbocycles. The number of likely N-dealkylation sites (tertiary alicyclic amines) is 1. The van der Waals surface area contributed by atoms with Gasteiger partial charge in [0.25, 0.3) is 0 Å². The van der Waals surface area contributed by atoms with Crippen LogP contribution in [-0.4, -0.2) is 35.0 Å². The number of carbonyl (C=O) groups is 2. The van der Waals surface area contributed by atoms with Gasteiger partial charge in [0, 0.05) is 6.54 Å². The smallest absolute Gasteiger partial charge is 0.410 e. The molecule has 4 heteroatoms. The third-order valence-electron chi connectivity index (χ3n) is 5.47. The maximum absolute atomic E-state index is 12.5. The fourth-order valence-electron chi connectivity index (χ4n) is 3.84. The Morgan fingerprint density at radius 1 is 0.931 bits per heavy atom. The molecule has 0 aliphatic carbocycles. The number of ether oxygens (including phenoxy) is 1. The van der Waals surface area contributed by atoms with Crippen LogP contribution in [0, 0.1) is 0 Å². The summed E-state index contributed by atoms with van der Waals surface area (Å²) >= 11 is 0. The Labute approximate surface area is 179 Å². The van der Waals surface area contributed by atoms with E-state index in [-0.39, 0.29) is 17.9 Å². The van der Waals surface area contributed by atoms with Crippen molar-refractivity contribution < 1.29 is 14.3 Å². The summed E-state index contributed by atoms with van der Waals surface area (Å²) in [5.41, 5.74) is -0.530. The summed E-state index contributed by atoms with van der Waals surface area (Å²) in [4.78, 5) is 26.4. The lowest BCUT2D eigenvalue weighted by atomic mass is 10.0. The molecule has 1 amide bonds. The molecular formula is C25H45NO3. The average Bonchev–Trinajstić information content (AvgIpc) is 3.14. The van der Waals surface area contributed by atoms with Gasteiger partial charge in [-0.25, -0.2) is 4.79 Å². The van der Waals surface area contributed by atoms with Crippen LogP contribution in [0.1, 0.15) is 118 Å². The van der Waals surface area contributed by atoms with Crippen molar-refractivity contribution in [3.63, 3.8) is 0 Å². The highest BCUT2D eigenvalue weighted by Crippen LogP contribution is 2.22. The van der Waals surface area contributed by atoms with Crippen LogP contribution in [0.25, 0.3) is 0 Å². The van der Waals surface area contributed by atoms with Gasteiger partial charge in [-0.1, -0.05) is 77.2 Å². The summed E-state index contributed by atoms with van der Waals surface area (Å²) in [6, 6.07) is -0.349. The van der Waals surface area contributed by atoms with Gasteiger partial charge in [-0.15, -0.1) is 0 Å². The zero-order valence-electron chi connectivity index (χ0n) is 19.5. The molecule has 1 aliphatic rings. The molecule has 0 N–H and O–H groups in total. The third kappa shape index (κ3) is 12.1. The number of hydrogen-bond donors (Lipinski definition) is 0. The second-order valence-corrected chi connectivity index (χ2v) is 9.46. The number of unbranched alkanes of at least 4 members (excludes halogenated alkanes) is 11. The topological polar surface area (TPSA) is 46.6 Å². The predicted molar refractivity (Wildman–Crippen MR) is 121 cm³/mol. The molecule has 168 valence electrons. The van der Waals surface area contributed by atoms with Gasteiger partial charge in [0.05, 0.1) is 6.04 Å². The Balaban J connectivity index is 2.12. The van der Waals surface area contributed by atoms with Crippen molar-refractivity contribution in [2.75, 3.05) is 6.54 Å². The van der Waals surface area contributed by atoms with Crippen LogP contribution in [0.2, 0.25) is 0 Å². The number of amides is 1. The van der Waals surface area contributed by atoms with E-state index in [9.17, 15) is 9.59 Å². The first kappa shape index (κ1) is 25.7. The highest BCUT2D eigenvalue weighted by Gasteiger charge is 2.35. The largest absolute Gasteiger partial charge is 0.444 e. The van der Waals surface area contributed by atoms with E-state index in [1.165, 1.54) is 64.2 Å². The predicted octanol–water partition coefficient (Wildman–Crippen LogP) is 7.21. The molecule has 0 bridgehead atoms. The molecule has 0 spiro atoms. The molecule has 0 aromatic carbocycles. The first-order valence-corrected chi connectivity index (χ1v) is 12.0. The Morgan fingerprint density at radius 3 is 2.03 bits per heavy atom. The number of hydrogen-bond acceptors (Lipinski definition) is 3. The molecule has 1 atom stereocenters. The van der Waals surface area contributed by atoms with Crippen molar-refractivity contribution in [2.24, 2.45) is 0 Å². The van der Waals surface area contributed by atoms with Gasteiger partial charge >= 0.3 is 6.09 Å². The molecule has 1 rings (SSSR count). The van der Waals surface area contributed by atoms with Crippen LogP contribution in [0.3, 0.4) is 0 Å². The summed E-state index contributed by atoms with van der Waals surface area (Å²) < 4.78 is 5.43. The van der Waals surface area contributed by atoms with Gasteiger partial charge in [0.2, 0.25) is 0 Å². The fourth-order valence-corrected chi connectivity index (χ4v) is 3.84. The summed E-state index contributed by atoms with van der Waals surface area (Å²) in [5.74, 6) is 0.0384. The molecule has 4 nitrogen and oxygen atoms in total. The minimum Gasteiger partial charge on any atom is -0.444 e. The number of allylic oxidation sites excluding steroid dienone is 1.